The minimum atomic E-state index is -4.47. The Kier molecular flexibility index (Phi) is 6.03. The van der Waals surface area contributed by atoms with E-state index in [4.69, 9.17) is 9.47 Å². The smallest absolute Gasteiger partial charge is 0.416 e. The van der Waals surface area contributed by atoms with E-state index in [0.717, 1.165) is 24.4 Å². The molecule has 2 aliphatic rings. The first-order valence-corrected chi connectivity index (χ1v) is 11.0. The Morgan fingerprint density at radius 2 is 1.97 bits per heavy atom. The van der Waals surface area contributed by atoms with Crippen LogP contribution in [0.5, 0.6) is 11.5 Å². The molecule has 0 unspecified atom stereocenters. The Balaban J connectivity index is 1.69. The number of anilines is 2. The molecule has 4 rings (SSSR count). The molecular formula is C25H27F3N2O3. The van der Waals surface area contributed by atoms with E-state index in [1.165, 1.54) is 12.1 Å². The van der Waals surface area contributed by atoms with Crippen molar-refractivity contribution in [2.24, 2.45) is 0 Å². The van der Waals surface area contributed by atoms with E-state index in [1.54, 1.807) is 6.07 Å². The predicted octanol–water partition coefficient (Wildman–Crippen LogP) is 5.90. The van der Waals surface area contributed by atoms with Gasteiger partial charge in [-0.25, -0.2) is 0 Å². The molecule has 0 saturated carbocycles. The number of halogens is 3. The standard InChI is InChI=1S/C25H27F3N2O3/c1-4-24(5-2)15-16(18-10-9-17(25(26,27)28)14-21(18)33-24)13-22(31)29-19-7-6-8-20-23(19)32-12-11-30(20)3/h6-10,13-14H,4-5,11-12,15H2,1-3H3,(H,29,31)/b16-13+. The van der Waals surface area contributed by atoms with Crippen molar-refractivity contribution in [1.29, 1.82) is 0 Å². The van der Waals surface area contributed by atoms with Gasteiger partial charge in [-0.1, -0.05) is 26.0 Å². The lowest BCUT2D eigenvalue weighted by atomic mass is 9.83. The summed E-state index contributed by atoms with van der Waals surface area (Å²) in [5.74, 6) is 0.390. The monoisotopic (exact) mass is 460 g/mol. The third kappa shape index (κ3) is 4.51. The molecule has 1 amide bonds. The van der Waals surface area contributed by atoms with Crippen molar-refractivity contribution in [3.05, 3.63) is 53.6 Å². The summed E-state index contributed by atoms with van der Waals surface area (Å²) >= 11 is 0. The zero-order chi connectivity index (χ0) is 23.8. The highest BCUT2D eigenvalue weighted by Gasteiger charge is 2.38. The molecule has 2 aromatic rings. The van der Waals surface area contributed by atoms with E-state index in [9.17, 15) is 18.0 Å². The molecular weight excluding hydrogens is 433 g/mol. The largest absolute Gasteiger partial charge is 0.487 e. The average molecular weight is 460 g/mol. The first-order valence-electron chi connectivity index (χ1n) is 11.0. The van der Waals surface area contributed by atoms with Crippen LogP contribution in [0.3, 0.4) is 0 Å². The van der Waals surface area contributed by atoms with Crippen LogP contribution in [0.1, 0.15) is 44.2 Å². The summed E-state index contributed by atoms with van der Waals surface area (Å²) in [6.45, 7) is 5.13. The molecule has 0 bridgehead atoms. The van der Waals surface area contributed by atoms with Gasteiger partial charge in [-0.3, -0.25) is 4.79 Å². The van der Waals surface area contributed by atoms with Crippen LogP contribution in [0.2, 0.25) is 0 Å². The molecule has 0 aromatic heterocycles. The quantitative estimate of drug-likeness (QED) is 0.578. The van der Waals surface area contributed by atoms with Gasteiger partial charge >= 0.3 is 6.18 Å². The lowest BCUT2D eigenvalue weighted by Gasteiger charge is -2.39. The number of hydrogen-bond donors (Lipinski definition) is 1. The molecule has 8 heteroatoms. The van der Waals surface area contributed by atoms with E-state index in [2.05, 4.69) is 10.2 Å². The van der Waals surface area contributed by atoms with Gasteiger partial charge in [-0.2, -0.15) is 13.2 Å². The number of fused-ring (bicyclic) bond motifs is 2. The predicted molar refractivity (Wildman–Crippen MR) is 122 cm³/mol. The molecule has 2 aliphatic heterocycles. The fourth-order valence-corrected chi connectivity index (χ4v) is 4.34. The molecule has 0 saturated heterocycles. The first kappa shape index (κ1) is 23.0. The molecule has 2 heterocycles. The Labute approximate surface area is 191 Å². The Morgan fingerprint density at radius 3 is 2.67 bits per heavy atom. The second-order valence-electron chi connectivity index (χ2n) is 8.46. The van der Waals surface area contributed by atoms with Crippen LogP contribution in [0.25, 0.3) is 5.57 Å². The highest BCUT2D eigenvalue weighted by Crippen LogP contribution is 2.45. The third-order valence-corrected chi connectivity index (χ3v) is 6.42. The first-order chi connectivity index (χ1) is 15.7. The van der Waals surface area contributed by atoms with Gasteiger partial charge in [0.25, 0.3) is 0 Å². The molecule has 33 heavy (non-hydrogen) atoms. The molecule has 0 aliphatic carbocycles. The number of rotatable bonds is 4. The normalized spacial score (nSPS) is 18.1. The summed E-state index contributed by atoms with van der Waals surface area (Å²) in [6.07, 6.45) is -1.38. The van der Waals surface area contributed by atoms with Gasteiger partial charge in [0.15, 0.2) is 5.75 Å². The molecule has 0 fully saturated rings. The number of likely N-dealkylation sites (N-methyl/N-ethyl adjacent to an activating group) is 1. The number of carbonyl (C=O) groups excluding carboxylic acids is 1. The minimum Gasteiger partial charge on any atom is -0.487 e. The SMILES string of the molecule is CCC1(CC)C/C(=C\C(=O)Nc2cccc3c2OCCN3C)c2ccc(C(F)(F)F)cc2O1. The maximum atomic E-state index is 13.3. The molecule has 176 valence electrons. The number of nitrogens with zero attached hydrogens (tertiary/aromatic N) is 1. The maximum absolute atomic E-state index is 13.3. The van der Waals surface area contributed by atoms with Crippen LogP contribution in [-0.2, 0) is 11.0 Å². The van der Waals surface area contributed by atoms with Gasteiger partial charge in [-0.05, 0) is 42.7 Å². The van der Waals surface area contributed by atoms with E-state index in [1.807, 2.05) is 33.0 Å². The van der Waals surface area contributed by atoms with Crippen LogP contribution < -0.4 is 19.7 Å². The van der Waals surface area contributed by atoms with Crippen molar-refractivity contribution >= 4 is 22.9 Å². The number of amides is 1. The fourth-order valence-electron chi connectivity index (χ4n) is 4.34. The van der Waals surface area contributed by atoms with Crippen LogP contribution in [0.4, 0.5) is 24.5 Å². The maximum Gasteiger partial charge on any atom is 0.416 e. The number of benzene rings is 2. The van der Waals surface area contributed by atoms with Crippen molar-refractivity contribution in [3.63, 3.8) is 0 Å². The minimum absolute atomic E-state index is 0.154. The number of alkyl halides is 3. The molecule has 5 nitrogen and oxygen atoms in total. The molecule has 0 spiro atoms. The van der Waals surface area contributed by atoms with Crippen molar-refractivity contribution in [2.45, 2.75) is 44.9 Å². The van der Waals surface area contributed by atoms with Crippen molar-refractivity contribution in [3.8, 4) is 11.5 Å². The zero-order valence-electron chi connectivity index (χ0n) is 18.9. The Hall–Kier alpha value is -3.16. The van der Waals surface area contributed by atoms with Crippen LogP contribution in [0, 0.1) is 0 Å². The summed E-state index contributed by atoms with van der Waals surface area (Å²) in [7, 11) is 1.96. The average Bonchev–Trinajstić information content (AvgIpc) is 2.78. The van der Waals surface area contributed by atoms with Crippen molar-refractivity contribution < 1.29 is 27.4 Å². The number of nitrogens with one attached hydrogen (secondary N) is 1. The molecule has 1 N–H and O–H groups in total. The van der Waals surface area contributed by atoms with Crippen LogP contribution in [0.15, 0.2) is 42.5 Å². The van der Waals surface area contributed by atoms with Gasteiger partial charge < -0.3 is 19.7 Å². The van der Waals surface area contributed by atoms with Crippen molar-refractivity contribution in [1.82, 2.24) is 0 Å². The summed E-state index contributed by atoms with van der Waals surface area (Å²) in [4.78, 5) is 15.0. The Bertz CT molecular complexity index is 1090. The van der Waals surface area contributed by atoms with Gasteiger partial charge in [0.2, 0.25) is 5.91 Å². The number of hydrogen-bond acceptors (Lipinski definition) is 4. The number of ether oxygens (including phenoxy) is 2. The van der Waals surface area contributed by atoms with Gasteiger partial charge in [0.1, 0.15) is 18.0 Å². The molecule has 2 aromatic carbocycles. The fraction of sp³-hybridized carbons (Fsp3) is 0.400. The van der Waals surface area contributed by atoms with Gasteiger partial charge in [-0.15, -0.1) is 0 Å². The van der Waals surface area contributed by atoms with Gasteiger partial charge in [0, 0.05) is 25.1 Å². The van der Waals surface area contributed by atoms with E-state index >= 15 is 0 Å². The molecule has 0 radical (unpaired) electrons. The highest BCUT2D eigenvalue weighted by atomic mass is 19.4. The number of para-hydroxylation sites is 1. The topological polar surface area (TPSA) is 50.8 Å². The highest BCUT2D eigenvalue weighted by molar-refractivity contribution is 6.05. The van der Waals surface area contributed by atoms with Crippen LogP contribution in [-0.4, -0.2) is 31.7 Å². The van der Waals surface area contributed by atoms with Gasteiger partial charge in [0.05, 0.1) is 23.5 Å². The lowest BCUT2D eigenvalue weighted by Crippen LogP contribution is -2.38. The molecule has 0 atom stereocenters. The van der Waals surface area contributed by atoms with E-state index in [0.29, 0.717) is 48.4 Å². The summed E-state index contributed by atoms with van der Waals surface area (Å²) in [5, 5.41) is 2.88. The number of carbonyl (C=O) groups is 1. The second-order valence-corrected chi connectivity index (χ2v) is 8.46. The lowest BCUT2D eigenvalue weighted by molar-refractivity contribution is -0.137. The summed E-state index contributed by atoms with van der Waals surface area (Å²) in [6, 6.07) is 8.97. The zero-order valence-corrected chi connectivity index (χ0v) is 18.9. The van der Waals surface area contributed by atoms with Crippen LogP contribution >= 0.6 is 0 Å². The summed E-state index contributed by atoms with van der Waals surface area (Å²) < 4.78 is 51.7. The van der Waals surface area contributed by atoms with E-state index in [-0.39, 0.29) is 11.7 Å². The van der Waals surface area contributed by atoms with Crippen molar-refractivity contribution in [2.75, 3.05) is 30.4 Å². The Morgan fingerprint density at radius 1 is 1.21 bits per heavy atom. The second kappa shape index (κ2) is 8.65. The van der Waals surface area contributed by atoms with E-state index < -0.39 is 17.3 Å². The summed E-state index contributed by atoms with van der Waals surface area (Å²) in [5.41, 5.74) is 1.15. The third-order valence-electron chi connectivity index (χ3n) is 6.42.